The highest BCUT2D eigenvalue weighted by Gasteiger charge is 2.20. The largest absolute Gasteiger partial charge is 0.310 e. The molecule has 1 aromatic carbocycles. The second-order valence-corrected chi connectivity index (χ2v) is 5.83. The van der Waals surface area contributed by atoms with Crippen molar-refractivity contribution in [1.82, 2.24) is 15.1 Å². The normalized spacial score (nSPS) is 14.7. The molecule has 1 aliphatic carbocycles. The van der Waals surface area contributed by atoms with Crippen LogP contribution in [0.25, 0.3) is 11.1 Å². The van der Waals surface area contributed by atoms with Gasteiger partial charge in [0.25, 0.3) is 0 Å². The van der Waals surface area contributed by atoms with Crippen LogP contribution in [0.1, 0.15) is 36.7 Å². The first-order chi connectivity index (χ1) is 10.1. The van der Waals surface area contributed by atoms with Crippen molar-refractivity contribution < 1.29 is 4.39 Å². The van der Waals surface area contributed by atoms with Crippen molar-refractivity contribution in [2.45, 2.75) is 52.7 Å². The Kier molecular flexibility index (Phi) is 3.81. The first-order valence-corrected chi connectivity index (χ1v) is 7.66. The number of halogens is 1. The third kappa shape index (κ3) is 2.86. The Bertz CT molecular complexity index is 656. The van der Waals surface area contributed by atoms with E-state index in [0.717, 1.165) is 35.6 Å². The van der Waals surface area contributed by atoms with Crippen molar-refractivity contribution in [2.75, 3.05) is 0 Å². The second-order valence-electron chi connectivity index (χ2n) is 5.83. The molecule has 3 rings (SSSR count). The number of hydrogen-bond donors (Lipinski definition) is 1. The summed E-state index contributed by atoms with van der Waals surface area (Å²) in [7, 11) is 0. The summed E-state index contributed by atoms with van der Waals surface area (Å²) in [6, 6.07) is 6.18. The minimum absolute atomic E-state index is 0.160. The lowest BCUT2D eigenvalue weighted by Crippen LogP contribution is -2.15. The third-order valence-corrected chi connectivity index (χ3v) is 4.16. The fraction of sp³-hybridized carbons (Fsp3) is 0.471. The molecule has 0 saturated heterocycles. The van der Waals surface area contributed by atoms with Gasteiger partial charge in [0.05, 0.1) is 5.69 Å². The maximum absolute atomic E-state index is 14.5. The smallest absolute Gasteiger partial charge is 0.131 e. The first kappa shape index (κ1) is 14.3. The topological polar surface area (TPSA) is 29.9 Å². The van der Waals surface area contributed by atoms with Gasteiger partial charge >= 0.3 is 0 Å². The summed E-state index contributed by atoms with van der Waals surface area (Å²) in [6.45, 7) is 7.54. The van der Waals surface area contributed by atoms with Crippen LogP contribution in [0.3, 0.4) is 0 Å². The molecule has 0 radical (unpaired) electrons. The number of hydrogen-bond acceptors (Lipinski definition) is 2. The minimum Gasteiger partial charge on any atom is -0.310 e. The average molecular weight is 287 g/mol. The van der Waals surface area contributed by atoms with E-state index < -0.39 is 0 Å². The van der Waals surface area contributed by atoms with E-state index in [4.69, 9.17) is 0 Å². The van der Waals surface area contributed by atoms with Gasteiger partial charge < -0.3 is 5.32 Å². The number of nitrogens with one attached hydrogen (secondary N) is 1. The fourth-order valence-electron chi connectivity index (χ4n) is 2.82. The Labute approximate surface area is 125 Å². The molecule has 1 aromatic heterocycles. The molecule has 2 aromatic rings. The van der Waals surface area contributed by atoms with Gasteiger partial charge in [-0.1, -0.05) is 12.1 Å². The lowest BCUT2D eigenvalue weighted by Gasteiger charge is -2.08. The highest BCUT2D eigenvalue weighted by Crippen LogP contribution is 2.30. The summed E-state index contributed by atoms with van der Waals surface area (Å²) in [6.07, 6.45) is 2.49. The first-order valence-electron chi connectivity index (χ1n) is 7.66. The zero-order chi connectivity index (χ0) is 15.0. The molecule has 0 spiro atoms. The maximum Gasteiger partial charge on any atom is 0.131 e. The van der Waals surface area contributed by atoms with E-state index in [1.807, 2.05) is 37.6 Å². The van der Waals surface area contributed by atoms with Gasteiger partial charge in [-0.3, -0.25) is 4.68 Å². The van der Waals surface area contributed by atoms with Crippen molar-refractivity contribution >= 4 is 0 Å². The Hall–Kier alpha value is -1.68. The second kappa shape index (κ2) is 5.60. The summed E-state index contributed by atoms with van der Waals surface area (Å²) in [5, 5.41) is 7.89. The van der Waals surface area contributed by atoms with Crippen LogP contribution in [0, 0.1) is 19.7 Å². The van der Waals surface area contributed by atoms with E-state index in [2.05, 4.69) is 10.4 Å². The van der Waals surface area contributed by atoms with Crippen molar-refractivity contribution in [3.8, 4) is 11.1 Å². The third-order valence-electron chi connectivity index (χ3n) is 4.16. The van der Waals surface area contributed by atoms with E-state index in [-0.39, 0.29) is 5.82 Å². The molecule has 0 aliphatic heterocycles. The van der Waals surface area contributed by atoms with Gasteiger partial charge in [-0.15, -0.1) is 0 Å². The van der Waals surface area contributed by atoms with Gasteiger partial charge in [0.15, 0.2) is 0 Å². The Morgan fingerprint density at radius 2 is 2.10 bits per heavy atom. The molecule has 21 heavy (non-hydrogen) atoms. The maximum atomic E-state index is 14.5. The number of nitrogens with zero attached hydrogens (tertiary/aromatic N) is 2. The lowest BCUT2D eigenvalue weighted by atomic mass is 10.0. The predicted molar refractivity (Wildman–Crippen MR) is 82.6 cm³/mol. The van der Waals surface area contributed by atoms with Gasteiger partial charge in [-0.2, -0.15) is 5.10 Å². The number of benzene rings is 1. The molecule has 0 amide bonds. The summed E-state index contributed by atoms with van der Waals surface area (Å²) in [5.41, 5.74) is 4.49. The molecule has 0 bridgehead atoms. The molecular weight excluding hydrogens is 265 g/mol. The van der Waals surface area contributed by atoms with Gasteiger partial charge in [0.2, 0.25) is 0 Å². The van der Waals surface area contributed by atoms with Crippen molar-refractivity contribution in [1.29, 1.82) is 0 Å². The summed E-state index contributed by atoms with van der Waals surface area (Å²) in [5.74, 6) is -0.160. The van der Waals surface area contributed by atoms with E-state index >= 15 is 0 Å². The van der Waals surface area contributed by atoms with E-state index in [1.54, 1.807) is 6.07 Å². The molecule has 1 N–H and O–H groups in total. The zero-order valence-electron chi connectivity index (χ0n) is 12.9. The Balaban J connectivity index is 1.89. The molecule has 1 saturated carbocycles. The van der Waals surface area contributed by atoms with Gasteiger partial charge in [-0.05, 0) is 45.2 Å². The van der Waals surface area contributed by atoms with Crippen molar-refractivity contribution in [2.24, 2.45) is 0 Å². The predicted octanol–water partition coefficient (Wildman–Crippen LogP) is 3.58. The van der Waals surface area contributed by atoms with Crippen LogP contribution < -0.4 is 5.32 Å². The van der Waals surface area contributed by atoms with E-state index in [9.17, 15) is 4.39 Å². The molecule has 1 aliphatic rings. The summed E-state index contributed by atoms with van der Waals surface area (Å²) in [4.78, 5) is 0. The van der Waals surface area contributed by atoms with Crippen LogP contribution in [0.15, 0.2) is 18.2 Å². The van der Waals surface area contributed by atoms with Crippen LogP contribution >= 0.6 is 0 Å². The molecule has 4 heteroatoms. The van der Waals surface area contributed by atoms with Gasteiger partial charge in [-0.25, -0.2) is 4.39 Å². The SMILES string of the molecule is CCn1nc(C)c(-c2ccc(CNC3CC3)cc2F)c1C. The number of rotatable bonds is 5. The fourth-order valence-corrected chi connectivity index (χ4v) is 2.82. The molecule has 1 fully saturated rings. The van der Waals surface area contributed by atoms with Crippen LogP contribution in [0.2, 0.25) is 0 Å². The minimum atomic E-state index is -0.160. The van der Waals surface area contributed by atoms with Gasteiger partial charge in [0, 0.05) is 36.0 Å². The summed E-state index contributed by atoms with van der Waals surface area (Å²) >= 11 is 0. The van der Waals surface area contributed by atoms with Gasteiger partial charge in [0.1, 0.15) is 5.82 Å². The Morgan fingerprint density at radius 1 is 1.33 bits per heavy atom. The molecule has 1 heterocycles. The molecular formula is C17H22FN3. The highest BCUT2D eigenvalue weighted by atomic mass is 19.1. The molecule has 0 atom stereocenters. The number of aryl methyl sites for hydroxylation is 2. The zero-order valence-corrected chi connectivity index (χ0v) is 12.9. The molecule has 3 nitrogen and oxygen atoms in total. The summed E-state index contributed by atoms with van der Waals surface area (Å²) < 4.78 is 16.4. The quantitative estimate of drug-likeness (QED) is 0.911. The highest BCUT2D eigenvalue weighted by molar-refractivity contribution is 5.69. The Morgan fingerprint density at radius 3 is 2.67 bits per heavy atom. The van der Waals surface area contributed by atoms with Crippen LogP contribution in [-0.2, 0) is 13.1 Å². The van der Waals surface area contributed by atoms with Crippen molar-refractivity contribution in [3.63, 3.8) is 0 Å². The average Bonchev–Trinajstić information content (AvgIpc) is 3.24. The van der Waals surface area contributed by atoms with Crippen molar-refractivity contribution in [3.05, 3.63) is 41.0 Å². The van der Waals surface area contributed by atoms with Crippen LogP contribution in [0.4, 0.5) is 4.39 Å². The van der Waals surface area contributed by atoms with E-state index in [0.29, 0.717) is 11.6 Å². The monoisotopic (exact) mass is 287 g/mol. The molecule has 112 valence electrons. The van der Waals surface area contributed by atoms with Crippen LogP contribution in [-0.4, -0.2) is 15.8 Å². The number of aromatic nitrogens is 2. The van der Waals surface area contributed by atoms with E-state index in [1.165, 1.54) is 12.8 Å². The lowest BCUT2D eigenvalue weighted by molar-refractivity contribution is 0.622. The van der Waals surface area contributed by atoms with Crippen LogP contribution in [0.5, 0.6) is 0 Å². The molecule has 0 unspecified atom stereocenters. The standard InChI is InChI=1S/C17H22FN3/c1-4-21-12(3)17(11(2)20-21)15-8-5-13(9-16(15)18)10-19-14-6-7-14/h5,8-9,14,19H,4,6-7,10H2,1-3H3.